The SMILES string of the molecule is O=C1OCCCN1c1ccc(N2CCCC3(CCN(C4CCC(O)CC4)C3=O)C2)c(F)c1. The molecule has 32 heavy (non-hydrogen) atoms. The molecular formula is C24H32FN3O4. The van der Waals surface area contributed by atoms with E-state index in [1.807, 2.05) is 9.80 Å². The number of hydrogen-bond acceptors (Lipinski definition) is 5. The minimum absolute atomic E-state index is 0.205. The van der Waals surface area contributed by atoms with Gasteiger partial charge in [-0.25, -0.2) is 9.18 Å². The van der Waals surface area contributed by atoms with Crippen molar-refractivity contribution >= 4 is 23.4 Å². The summed E-state index contributed by atoms with van der Waals surface area (Å²) in [4.78, 5) is 31.0. The molecule has 8 heteroatoms. The second-order valence-electron chi connectivity index (χ2n) is 9.77. The van der Waals surface area contributed by atoms with Crippen molar-refractivity contribution in [2.45, 2.75) is 63.5 Å². The number of rotatable bonds is 3. The molecule has 7 nitrogen and oxygen atoms in total. The molecular weight excluding hydrogens is 413 g/mol. The molecule has 1 aliphatic carbocycles. The summed E-state index contributed by atoms with van der Waals surface area (Å²) >= 11 is 0. The zero-order valence-electron chi connectivity index (χ0n) is 18.5. The number of piperidine rings is 1. The summed E-state index contributed by atoms with van der Waals surface area (Å²) in [5.41, 5.74) is 0.548. The Morgan fingerprint density at radius 2 is 1.84 bits per heavy atom. The van der Waals surface area contributed by atoms with Crippen LogP contribution < -0.4 is 9.80 Å². The Kier molecular flexibility index (Phi) is 5.73. The van der Waals surface area contributed by atoms with Gasteiger partial charge in [0.15, 0.2) is 0 Å². The van der Waals surface area contributed by atoms with E-state index in [0.29, 0.717) is 37.6 Å². The number of carbonyl (C=O) groups is 2. The first-order valence-corrected chi connectivity index (χ1v) is 11.9. The zero-order chi connectivity index (χ0) is 22.3. The fourth-order valence-corrected chi connectivity index (χ4v) is 5.99. The molecule has 1 aromatic carbocycles. The summed E-state index contributed by atoms with van der Waals surface area (Å²) in [6, 6.07) is 5.12. The number of anilines is 2. The molecule has 174 valence electrons. The van der Waals surface area contributed by atoms with Gasteiger partial charge >= 0.3 is 6.09 Å². The molecule has 1 unspecified atom stereocenters. The Balaban J connectivity index is 1.31. The van der Waals surface area contributed by atoms with Gasteiger partial charge in [-0.05, 0) is 69.6 Å². The molecule has 4 fully saturated rings. The number of likely N-dealkylation sites (tertiary alicyclic amines) is 1. The van der Waals surface area contributed by atoms with Crippen LogP contribution in [0.5, 0.6) is 0 Å². The Labute approximate surface area is 188 Å². The minimum atomic E-state index is -0.448. The number of aliphatic hydroxyl groups is 1. The van der Waals surface area contributed by atoms with Crippen molar-refractivity contribution in [1.29, 1.82) is 0 Å². The van der Waals surface area contributed by atoms with Crippen LogP contribution in [0.15, 0.2) is 18.2 Å². The molecule has 4 aliphatic rings. The van der Waals surface area contributed by atoms with Crippen molar-refractivity contribution in [3.63, 3.8) is 0 Å². The average molecular weight is 446 g/mol. The maximum absolute atomic E-state index is 15.2. The van der Waals surface area contributed by atoms with Crippen LogP contribution in [0.2, 0.25) is 0 Å². The second-order valence-corrected chi connectivity index (χ2v) is 9.77. The van der Waals surface area contributed by atoms with Crippen LogP contribution in [0.4, 0.5) is 20.6 Å². The van der Waals surface area contributed by atoms with E-state index >= 15 is 4.39 Å². The highest BCUT2D eigenvalue weighted by molar-refractivity contribution is 5.89. The van der Waals surface area contributed by atoms with Crippen LogP contribution in [-0.2, 0) is 9.53 Å². The molecule has 0 aromatic heterocycles. The van der Waals surface area contributed by atoms with Crippen LogP contribution in [-0.4, -0.2) is 66.9 Å². The topological polar surface area (TPSA) is 73.3 Å². The molecule has 3 saturated heterocycles. The van der Waals surface area contributed by atoms with Gasteiger partial charge in [-0.15, -0.1) is 0 Å². The van der Waals surface area contributed by atoms with E-state index in [2.05, 4.69) is 0 Å². The van der Waals surface area contributed by atoms with Crippen molar-refractivity contribution in [3.05, 3.63) is 24.0 Å². The minimum Gasteiger partial charge on any atom is -0.449 e. The first-order chi connectivity index (χ1) is 15.5. The highest BCUT2D eigenvalue weighted by Crippen LogP contribution is 2.44. The van der Waals surface area contributed by atoms with E-state index in [1.54, 1.807) is 12.1 Å². The third-order valence-electron chi connectivity index (χ3n) is 7.79. The van der Waals surface area contributed by atoms with Gasteiger partial charge in [-0.1, -0.05) is 0 Å². The van der Waals surface area contributed by atoms with Gasteiger partial charge < -0.3 is 19.6 Å². The van der Waals surface area contributed by atoms with Crippen molar-refractivity contribution < 1.29 is 23.8 Å². The van der Waals surface area contributed by atoms with E-state index < -0.39 is 11.5 Å². The summed E-state index contributed by atoms with van der Waals surface area (Å²) in [5, 5.41) is 9.81. The van der Waals surface area contributed by atoms with Crippen LogP contribution in [0, 0.1) is 11.2 Å². The highest BCUT2D eigenvalue weighted by Gasteiger charge is 2.50. The first kappa shape index (κ1) is 21.5. The molecule has 0 bridgehead atoms. The molecule has 1 spiro atoms. The fraction of sp³-hybridized carbons (Fsp3) is 0.667. The van der Waals surface area contributed by atoms with Gasteiger partial charge in [0.2, 0.25) is 5.91 Å². The number of cyclic esters (lactones) is 1. The molecule has 1 saturated carbocycles. The Bertz CT molecular complexity index is 888. The lowest BCUT2D eigenvalue weighted by atomic mass is 9.78. The standard InChI is InChI=1S/C24H32FN3O4/c25-20-15-18(28-12-2-14-32-23(28)31)5-8-21(20)26-11-1-9-24(16-26)10-13-27(22(24)30)17-3-6-19(29)7-4-17/h5,8,15,17,19,29H,1-4,6-7,9-14,16H2. The Hall–Kier alpha value is -2.35. The van der Waals surface area contributed by atoms with Crippen molar-refractivity contribution in [2.24, 2.45) is 5.41 Å². The van der Waals surface area contributed by atoms with Crippen molar-refractivity contribution in [1.82, 2.24) is 4.90 Å². The molecule has 1 aromatic rings. The summed E-state index contributed by atoms with van der Waals surface area (Å²) in [6.45, 7) is 2.92. The van der Waals surface area contributed by atoms with E-state index in [-0.39, 0.29) is 23.9 Å². The monoisotopic (exact) mass is 445 g/mol. The largest absolute Gasteiger partial charge is 0.449 e. The van der Waals surface area contributed by atoms with Gasteiger partial charge in [-0.2, -0.15) is 0 Å². The molecule has 0 radical (unpaired) electrons. The highest BCUT2D eigenvalue weighted by atomic mass is 19.1. The number of hydrogen-bond donors (Lipinski definition) is 1. The number of carbonyl (C=O) groups excluding carboxylic acids is 2. The van der Waals surface area contributed by atoms with Gasteiger partial charge in [0, 0.05) is 32.2 Å². The molecule has 1 N–H and O–H groups in total. The van der Waals surface area contributed by atoms with E-state index in [9.17, 15) is 14.7 Å². The number of halogens is 1. The lowest BCUT2D eigenvalue weighted by molar-refractivity contribution is -0.139. The average Bonchev–Trinajstić information content (AvgIpc) is 3.10. The Morgan fingerprint density at radius 3 is 2.59 bits per heavy atom. The second kappa shape index (κ2) is 8.54. The van der Waals surface area contributed by atoms with E-state index in [4.69, 9.17) is 4.74 Å². The fourth-order valence-electron chi connectivity index (χ4n) is 5.99. The van der Waals surface area contributed by atoms with Crippen molar-refractivity contribution in [2.75, 3.05) is 42.6 Å². The third-order valence-corrected chi connectivity index (χ3v) is 7.79. The predicted molar refractivity (Wildman–Crippen MR) is 118 cm³/mol. The van der Waals surface area contributed by atoms with Gasteiger partial charge in [0.1, 0.15) is 5.82 Å². The van der Waals surface area contributed by atoms with Crippen molar-refractivity contribution in [3.8, 4) is 0 Å². The van der Waals surface area contributed by atoms with E-state index in [0.717, 1.165) is 57.9 Å². The maximum Gasteiger partial charge on any atom is 0.414 e. The number of benzene rings is 1. The summed E-state index contributed by atoms with van der Waals surface area (Å²) in [7, 11) is 0. The van der Waals surface area contributed by atoms with E-state index in [1.165, 1.54) is 11.0 Å². The van der Waals surface area contributed by atoms with Gasteiger partial charge in [-0.3, -0.25) is 9.69 Å². The number of aliphatic hydroxyl groups excluding tert-OH is 1. The number of ether oxygens (including phenoxy) is 1. The summed E-state index contributed by atoms with van der Waals surface area (Å²) in [6.07, 6.45) is 5.79. The maximum atomic E-state index is 15.2. The molecule has 5 rings (SSSR count). The predicted octanol–water partition coefficient (Wildman–Crippen LogP) is 3.29. The number of nitrogens with zero attached hydrogens (tertiary/aromatic N) is 3. The molecule has 2 amide bonds. The number of amides is 2. The van der Waals surface area contributed by atoms with Crippen LogP contribution in [0.1, 0.15) is 51.4 Å². The Morgan fingerprint density at radius 1 is 1.03 bits per heavy atom. The first-order valence-electron chi connectivity index (χ1n) is 11.9. The van der Waals surface area contributed by atoms with Gasteiger partial charge in [0.05, 0.1) is 29.5 Å². The lowest BCUT2D eigenvalue weighted by Crippen LogP contribution is -2.50. The van der Waals surface area contributed by atoms with Gasteiger partial charge in [0.25, 0.3) is 0 Å². The molecule has 3 aliphatic heterocycles. The summed E-state index contributed by atoms with van der Waals surface area (Å²) < 4.78 is 20.2. The lowest BCUT2D eigenvalue weighted by Gasteiger charge is -2.41. The van der Waals surface area contributed by atoms with Crippen LogP contribution >= 0.6 is 0 Å². The van der Waals surface area contributed by atoms with Crippen LogP contribution in [0.3, 0.4) is 0 Å². The van der Waals surface area contributed by atoms with Crippen LogP contribution in [0.25, 0.3) is 0 Å². The third kappa shape index (κ3) is 3.83. The molecule has 3 heterocycles. The summed E-state index contributed by atoms with van der Waals surface area (Å²) in [5.74, 6) is -0.168. The zero-order valence-corrected chi connectivity index (χ0v) is 18.5. The normalized spacial score (nSPS) is 31.4. The molecule has 1 atom stereocenters. The quantitative estimate of drug-likeness (QED) is 0.773. The smallest absolute Gasteiger partial charge is 0.414 e.